The van der Waals surface area contributed by atoms with E-state index in [1.165, 1.54) is 66.3 Å². The summed E-state index contributed by atoms with van der Waals surface area (Å²) in [5, 5.41) is 10.9. The largest absolute Gasteiger partial charge is 0.456 e. The molecule has 4 heterocycles. The summed E-state index contributed by atoms with van der Waals surface area (Å²) in [6.07, 6.45) is 0. The molecular weight excluding hydrogens is 779 g/mol. The van der Waals surface area contributed by atoms with Crippen molar-refractivity contribution in [3.8, 4) is 27.9 Å². The SMILES string of the molecule is CC(C)(C)c1ccc(Nc2cc3oc4cc(C(C)(C)C)ccc4c3cc2-c2ccc3c4cc5c(cc4n4c3c2[B]c2cc3oc6ccccc6c3cc2-4)C(C)(C)c2ccccc2-5)cc1. The molecule has 2 aliphatic rings. The van der Waals surface area contributed by atoms with Crippen LogP contribution in [0.2, 0.25) is 0 Å². The summed E-state index contributed by atoms with van der Waals surface area (Å²) in [6, 6.07) is 51.8. The maximum Gasteiger partial charge on any atom is 0.198 e. The molecule has 13 rings (SSSR count). The van der Waals surface area contributed by atoms with Crippen molar-refractivity contribution in [2.24, 2.45) is 0 Å². The van der Waals surface area contributed by atoms with Crippen molar-refractivity contribution in [2.75, 3.05) is 5.32 Å². The fraction of sp³-hybridized carbons (Fsp3) is 0.186. The van der Waals surface area contributed by atoms with E-state index in [0.717, 1.165) is 71.8 Å². The van der Waals surface area contributed by atoms with Gasteiger partial charge in [-0.2, -0.15) is 0 Å². The summed E-state index contributed by atoms with van der Waals surface area (Å²) in [5.41, 5.74) is 21.7. The van der Waals surface area contributed by atoms with Gasteiger partial charge in [0.25, 0.3) is 0 Å². The topological polar surface area (TPSA) is 43.2 Å². The van der Waals surface area contributed by atoms with Crippen LogP contribution < -0.4 is 16.2 Å². The average molecular weight is 828 g/mol. The van der Waals surface area contributed by atoms with E-state index in [1.807, 2.05) is 0 Å². The van der Waals surface area contributed by atoms with Crippen molar-refractivity contribution < 1.29 is 8.83 Å². The van der Waals surface area contributed by atoms with E-state index in [-0.39, 0.29) is 16.2 Å². The van der Waals surface area contributed by atoms with Crippen molar-refractivity contribution in [3.05, 3.63) is 162 Å². The Kier molecular flexibility index (Phi) is 7.40. The molecule has 1 N–H and O–H groups in total. The molecule has 64 heavy (non-hydrogen) atoms. The van der Waals surface area contributed by atoms with Gasteiger partial charge in [-0.25, -0.2) is 0 Å². The van der Waals surface area contributed by atoms with E-state index in [1.54, 1.807) is 0 Å². The fourth-order valence-electron chi connectivity index (χ4n) is 11.0. The zero-order valence-corrected chi connectivity index (χ0v) is 37.6. The molecule has 8 aromatic carbocycles. The third-order valence-corrected chi connectivity index (χ3v) is 14.5. The van der Waals surface area contributed by atoms with Gasteiger partial charge in [0, 0.05) is 66.3 Å². The molecule has 5 heteroatoms. The minimum atomic E-state index is -0.138. The molecule has 1 aliphatic heterocycles. The van der Waals surface area contributed by atoms with Gasteiger partial charge >= 0.3 is 0 Å². The Morgan fingerprint density at radius 1 is 0.500 bits per heavy atom. The van der Waals surface area contributed by atoms with Crippen LogP contribution in [0.5, 0.6) is 0 Å². The zero-order valence-electron chi connectivity index (χ0n) is 37.6. The Balaban J connectivity index is 1.11. The second-order valence-corrected chi connectivity index (χ2v) is 20.9. The number of nitrogens with zero attached hydrogens (tertiary/aromatic N) is 1. The fourth-order valence-corrected chi connectivity index (χ4v) is 11.0. The molecular formula is C59H48BN2O2. The molecule has 1 aliphatic carbocycles. The molecule has 0 amide bonds. The Hall–Kier alpha value is -6.98. The number of furan rings is 2. The van der Waals surface area contributed by atoms with Gasteiger partial charge in [0.15, 0.2) is 7.28 Å². The van der Waals surface area contributed by atoms with Crippen LogP contribution >= 0.6 is 0 Å². The summed E-state index contributed by atoms with van der Waals surface area (Å²) >= 11 is 0. The number of anilines is 2. The lowest BCUT2D eigenvalue weighted by Gasteiger charge is -2.25. The van der Waals surface area contributed by atoms with E-state index in [9.17, 15) is 0 Å². The highest BCUT2D eigenvalue weighted by Gasteiger charge is 2.37. The zero-order chi connectivity index (χ0) is 43.6. The van der Waals surface area contributed by atoms with Crippen molar-refractivity contribution >= 4 is 95.3 Å². The molecule has 0 bridgehead atoms. The molecule has 0 fully saturated rings. The molecule has 309 valence electrons. The van der Waals surface area contributed by atoms with Gasteiger partial charge in [0.2, 0.25) is 0 Å². The highest BCUT2D eigenvalue weighted by molar-refractivity contribution is 6.73. The van der Waals surface area contributed by atoms with E-state index < -0.39 is 0 Å². The van der Waals surface area contributed by atoms with E-state index >= 15 is 0 Å². The first-order chi connectivity index (χ1) is 30.7. The standard InChI is InChI=1S/C59H48BN2O2/c1-57(2,3)32-17-20-34(21-18-32)61-48-31-54-43(37-22-19-33(58(4,5)6)25-52(37)64-54)27-41(48)38-23-24-39-42-26-40-35-13-9-11-15-45(35)59(7,8)46(40)29-49(42)62-50-28-44-36-14-10-12-16-51(36)63-53(44)30-47(50)60-55(38)56(39)62/h9-31,61H,1-8H3. The Morgan fingerprint density at radius 2 is 1.16 bits per heavy atom. The van der Waals surface area contributed by atoms with Crippen LogP contribution in [0.15, 0.2) is 148 Å². The first-order valence-corrected chi connectivity index (χ1v) is 22.7. The van der Waals surface area contributed by atoms with Crippen LogP contribution in [0.4, 0.5) is 11.4 Å². The van der Waals surface area contributed by atoms with Gasteiger partial charge in [-0.1, -0.05) is 140 Å². The van der Waals surface area contributed by atoms with Gasteiger partial charge in [-0.3, -0.25) is 0 Å². The minimum absolute atomic E-state index is 0.000146. The third-order valence-electron chi connectivity index (χ3n) is 14.5. The predicted molar refractivity (Wildman–Crippen MR) is 270 cm³/mol. The minimum Gasteiger partial charge on any atom is -0.456 e. The van der Waals surface area contributed by atoms with Crippen LogP contribution in [0.3, 0.4) is 0 Å². The third kappa shape index (κ3) is 5.24. The average Bonchev–Trinajstić information content (AvgIpc) is 3.98. The van der Waals surface area contributed by atoms with Gasteiger partial charge < -0.3 is 18.7 Å². The van der Waals surface area contributed by atoms with E-state index in [4.69, 9.17) is 8.83 Å². The van der Waals surface area contributed by atoms with Crippen LogP contribution in [0.25, 0.3) is 93.6 Å². The van der Waals surface area contributed by atoms with Gasteiger partial charge in [-0.05, 0) is 110 Å². The first-order valence-electron chi connectivity index (χ1n) is 22.7. The molecule has 0 saturated heterocycles. The number of para-hydroxylation sites is 1. The van der Waals surface area contributed by atoms with Gasteiger partial charge in [0.1, 0.15) is 22.3 Å². The van der Waals surface area contributed by atoms with E-state index in [2.05, 4.69) is 212 Å². The lowest BCUT2D eigenvalue weighted by molar-refractivity contribution is 0.587. The van der Waals surface area contributed by atoms with Crippen LogP contribution in [-0.2, 0) is 16.2 Å². The molecule has 11 aromatic rings. The van der Waals surface area contributed by atoms with Crippen LogP contribution in [0.1, 0.15) is 77.6 Å². The number of nitrogens with one attached hydrogen (secondary N) is 1. The Bertz CT molecular complexity index is 3820. The molecule has 0 spiro atoms. The normalized spacial score (nSPS) is 14.2. The highest BCUT2D eigenvalue weighted by atomic mass is 16.3. The van der Waals surface area contributed by atoms with Gasteiger partial charge in [0.05, 0.1) is 11.2 Å². The second kappa shape index (κ2) is 12.6. The second-order valence-electron chi connectivity index (χ2n) is 20.9. The maximum atomic E-state index is 6.75. The Labute approximate surface area is 373 Å². The van der Waals surface area contributed by atoms with Crippen LogP contribution in [0, 0.1) is 0 Å². The summed E-state index contributed by atoms with van der Waals surface area (Å²) < 4.78 is 15.9. The molecule has 0 atom stereocenters. The van der Waals surface area contributed by atoms with Crippen LogP contribution in [-0.4, -0.2) is 11.8 Å². The Morgan fingerprint density at radius 3 is 1.97 bits per heavy atom. The summed E-state index contributed by atoms with van der Waals surface area (Å²) in [4.78, 5) is 0. The number of rotatable bonds is 3. The number of aromatic nitrogens is 1. The number of benzene rings is 8. The maximum absolute atomic E-state index is 6.75. The van der Waals surface area contributed by atoms with E-state index in [0.29, 0.717) is 0 Å². The molecule has 0 unspecified atom stereocenters. The lowest BCUT2D eigenvalue weighted by atomic mass is 9.59. The van der Waals surface area contributed by atoms with Crippen molar-refractivity contribution in [1.82, 2.24) is 4.57 Å². The number of hydrogen-bond donors (Lipinski definition) is 1. The number of hydrogen-bond acceptors (Lipinski definition) is 3. The van der Waals surface area contributed by atoms with Crippen molar-refractivity contribution in [1.29, 1.82) is 0 Å². The smallest absolute Gasteiger partial charge is 0.198 e. The monoisotopic (exact) mass is 827 g/mol. The molecule has 0 saturated carbocycles. The summed E-state index contributed by atoms with van der Waals surface area (Å²) in [6.45, 7) is 18.3. The highest BCUT2D eigenvalue weighted by Crippen LogP contribution is 2.51. The van der Waals surface area contributed by atoms with Crippen molar-refractivity contribution in [3.63, 3.8) is 0 Å². The summed E-state index contributed by atoms with van der Waals surface area (Å²) in [7, 11) is 2.40. The molecule has 1 radical (unpaired) electrons. The molecule has 3 aromatic heterocycles. The van der Waals surface area contributed by atoms with Crippen molar-refractivity contribution in [2.45, 2.75) is 71.6 Å². The molecule has 4 nitrogen and oxygen atoms in total. The summed E-state index contributed by atoms with van der Waals surface area (Å²) in [5.74, 6) is 0. The quantitative estimate of drug-likeness (QED) is 0.180. The lowest BCUT2D eigenvalue weighted by Crippen LogP contribution is -2.37. The first kappa shape index (κ1) is 37.6. The number of fused-ring (bicyclic) bond motifs is 14. The van der Waals surface area contributed by atoms with Gasteiger partial charge in [-0.15, -0.1) is 0 Å². The predicted octanol–water partition coefficient (Wildman–Crippen LogP) is 14.9.